The van der Waals surface area contributed by atoms with Crippen molar-refractivity contribution in [3.8, 4) is 0 Å². The standard InChI is InChI=1S/C15H22N2/c1-2-9-16(10-3-1)14-7-6-8-15(13-14)17-11-4-5-12-17/h6-8,13H,1-5,9-12H2. The van der Waals surface area contributed by atoms with Gasteiger partial charge in [0.05, 0.1) is 0 Å². The lowest BCUT2D eigenvalue weighted by Crippen LogP contribution is -2.29. The molecule has 2 heteroatoms. The number of piperidine rings is 1. The fraction of sp³-hybridized carbons (Fsp3) is 0.600. The minimum absolute atomic E-state index is 1.24. The second kappa shape index (κ2) is 4.99. The molecule has 0 aromatic heterocycles. The number of nitrogens with zero attached hydrogens (tertiary/aromatic N) is 2. The van der Waals surface area contributed by atoms with E-state index in [1.807, 2.05) is 0 Å². The second-order valence-electron chi connectivity index (χ2n) is 5.26. The molecule has 3 rings (SSSR count). The highest BCUT2D eigenvalue weighted by Crippen LogP contribution is 2.27. The van der Waals surface area contributed by atoms with Crippen LogP contribution < -0.4 is 9.80 Å². The maximum Gasteiger partial charge on any atom is 0.0386 e. The zero-order valence-corrected chi connectivity index (χ0v) is 10.6. The Labute approximate surface area is 104 Å². The molecule has 92 valence electrons. The lowest BCUT2D eigenvalue weighted by atomic mass is 10.1. The van der Waals surface area contributed by atoms with E-state index in [-0.39, 0.29) is 0 Å². The van der Waals surface area contributed by atoms with Gasteiger partial charge in [0.25, 0.3) is 0 Å². The quantitative estimate of drug-likeness (QED) is 0.769. The minimum Gasteiger partial charge on any atom is -0.371 e. The first-order valence-electron chi connectivity index (χ1n) is 7.03. The molecule has 0 radical (unpaired) electrons. The van der Waals surface area contributed by atoms with Crippen molar-refractivity contribution in [2.24, 2.45) is 0 Å². The maximum absolute atomic E-state index is 2.54. The predicted molar refractivity (Wildman–Crippen MR) is 74.0 cm³/mol. The molecule has 0 unspecified atom stereocenters. The highest BCUT2D eigenvalue weighted by atomic mass is 15.2. The Morgan fingerprint density at radius 2 is 1.12 bits per heavy atom. The van der Waals surface area contributed by atoms with Gasteiger partial charge in [0.15, 0.2) is 0 Å². The highest BCUT2D eigenvalue weighted by Gasteiger charge is 2.15. The molecular formula is C15H22N2. The van der Waals surface area contributed by atoms with Gasteiger partial charge in [-0.3, -0.25) is 0 Å². The molecular weight excluding hydrogens is 208 g/mol. The summed E-state index contributed by atoms with van der Waals surface area (Å²) < 4.78 is 0. The van der Waals surface area contributed by atoms with Crippen molar-refractivity contribution >= 4 is 11.4 Å². The third-order valence-corrected chi connectivity index (χ3v) is 4.02. The summed E-state index contributed by atoms with van der Waals surface area (Å²) in [7, 11) is 0. The zero-order chi connectivity index (χ0) is 11.5. The van der Waals surface area contributed by atoms with Crippen LogP contribution in [0.15, 0.2) is 24.3 Å². The van der Waals surface area contributed by atoms with Gasteiger partial charge in [0, 0.05) is 37.6 Å². The first-order valence-corrected chi connectivity index (χ1v) is 7.03. The van der Waals surface area contributed by atoms with Crippen molar-refractivity contribution in [1.29, 1.82) is 0 Å². The molecule has 0 bridgehead atoms. The van der Waals surface area contributed by atoms with Gasteiger partial charge in [0.2, 0.25) is 0 Å². The van der Waals surface area contributed by atoms with Crippen molar-refractivity contribution in [1.82, 2.24) is 0 Å². The molecule has 2 saturated heterocycles. The Morgan fingerprint density at radius 3 is 1.65 bits per heavy atom. The van der Waals surface area contributed by atoms with Crippen molar-refractivity contribution < 1.29 is 0 Å². The molecule has 2 heterocycles. The summed E-state index contributed by atoms with van der Waals surface area (Å²) >= 11 is 0. The van der Waals surface area contributed by atoms with E-state index in [4.69, 9.17) is 0 Å². The van der Waals surface area contributed by atoms with Crippen LogP contribution in [0, 0.1) is 0 Å². The van der Waals surface area contributed by atoms with Gasteiger partial charge >= 0.3 is 0 Å². The molecule has 0 atom stereocenters. The third-order valence-electron chi connectivity index (χ3n) is 4.02. The van der Waals surface area contributed by atoms with E-state index in [1.165, 1.54) is 69.7 Å². The van der Waals surface area contributed by atoms with Gasteiger partial charge in [-0.25, -0.2) is 0 Å². The van der Waals surface area contributed by atoms with E-state index in [9.17, 15) is 0 Å². The van der Waals surface area contributed by atoms with Crippen LogP contribution in [0.4, 0.5) is 11.4 Å². The molecule has 0 amide bonds. The van der Waals surface area contributed by atoms with Gasteiger partial charge < -0.3 is 9.80 Å². The Balaban J connectivity index is 1.77. The van der Waals surface area contributed by atoms with Crippen LogP contribution in [0.5, 0.6) is 0 Å². The van der Waals surface area contributed by atoms with Crippen LogP contribution in [-0.4, -0.2) is 26.2 Å². The van der Waals surface area contributed by atoms with Crippen molar-refractivity contribution in [3.05, 3.63) is 24.3 Å². The minimum atomic E-state index is 1.24. The smallest absolute Gasteiger partial charge is 0.0386 e. The Kier molecular flexibility index (Phi) is 3.21. The molecule has 0 aliphatic carbocycles. The molecule has 1 aromatic rings. The van der Waals surface area contributed by atoms with E-state index < -0.39 is 0 Å². The predicted octanol–water partition coefficient (Wildman–Crippen LogP) is 3.28. The van der Waals surface area contributed by atoms with Crippen LogP contribution in [0.2, 0.25) is 0 Å². The number of hydrogen-bond donors (Lipinski definition) is 0. The summed E-state index contributed by atoms with van der Waals surface area (Å²) in [6, 6.07) is 9.14. The van der Waals surface area contributed by atoms with Crippen LogP contribution in [0.1, 0.15) is 32.1 Å². The molecule has 2 aliphatic heterocycles. The summed E-state index contributed by atoms with van der Waals surface area (Å²) in [5, 5.41) is 0. The topological polar surface area (TPSA) is 6.48 Å². The van der Waals surface area contributed by atoms with Gasteiger partial charge in [-0.05, 0) is 50.3 Å². The van der Waals surface area contributed by atoms with E-state index in [2.05, 4.69) is 34.1 Å². The summed E-state index contributed by atoms with van der Waals surface area (Å²) in [6.07, 6.45) is 6.83. The van der Waals surface area contributed by atoms with Gasteiger partial charge in [0.1, 0.15) is 0 Å². The summed E-state index contributed by atoms with van der Waals surface area (Å²) in [4.78, 5) is 5.07. The molecule has 17 heavy (non-hydrogen) atoms. The number of hydrogen-bond acceptors (Lipinski definition) is 2. The maximum atomic E-state index is 2.54. The molecule has 2 fully saturated rings. The lowest BCUT2D eigenvalue weighted by Gasteiger charge is -2.30. The van der Waals surface area contributed by atoms with Crippen LogP contribution >= 0.6 is 0 Å². The van der Waals surface area contributed by atoms with Crippen LogP contribution in [-0.2, 0) is 0 Å². The molecule has 0 saturated carbocycles. The van der Waals surface area contributed by atoms with Crippen molar-refractivity contribution in [3.63, 3.8) is 0 Å². The molecule has 2 aliphatic rings. The molecule has 0 N–H and O–H groups in total. The van der Waals surface area contributed by atoms with E-state index in [0.717, 1.165) is 0 Å². The van der Waals surface area contributed by atoms with Crippen LogP contribution in [0.3, 0.4) is 0 Å². The average molecular weight is 230 g/mol. The lowest BCUT2D eigenvalue weighted by molar-refractivity contribution is 0.578. The first kappa shape index (κ1) is 10.9. The number of rotatable bonds is 2. The molecule has 2 nitrogen and oxygen atoms in total. The number of benzene rings is 1. The second-order valence-corrected chi connectivity index (χ2v) is 5.26. The largest absolute Gasteiger partial charge is 0.371 e. The third kappa shape index (κ3) is 2.41. The van der Waals surface area contributed by atoms with Crippen molar-refractivity contribution in [2.45, 2.75) is 32.1 Å². The highest BCUT2D eigenvalue weighted by molar-refractivity contribution is 5.59. The van der Waals surface area contributed by atoms with Gasteiger partial charge in [-0.2, -0.15) is 0 Å². The van der Waals surface area contributed by atoms with Crippen LogP contribution in [0.25, 0.3) is 0 Å². The molecule has 0 spiro atoms. The van der Waals surface area contributed by atoms with E-state index >= 15 is 0 Å². The van der Waals surface area contributed by atoms with Crippen molar-refractivity contribution in [2.75, 3.05) is 36.0 Å². The number of anilines is 2. The van der Waals surface area contributed by atoms with Gasteiger partial charge in [-0.1, -0.05) is 6.07 Å². The zero-order valence-electron chi connectivity index (χ0n) is 10.6. The Bertz CT molecular complexity index is 363. The fourth-order valence-corrected chi connectivity index (χ4v) is 3.01. The Morgan fingerprint density at radius 1 is 0.647 bits per heavy atom. The monoisotopic (exact) mass is 230 g/mol. The van der Waals surface area contributed by atoms with E-state index in [0.29, 0.717) is 0 Å². The average Bonchev–Trinajstić information content (AvgIpc) is 2.94. The molecule has 1 aromatic carbocycles. The summed E-state index contributed by atoms with van der Waals surface area (Å²) in [5.74, 6) is 0. The summed E-state index contributed by atoms with van der Waals surface area (Å²) in [6.45, 7) is 4.96. The Hall–Kier alpha value is -1.18. The normalized spacial score (nSPS) is 20.9. The first-order chi connectivity index (χ1) is 8.43. The summed E-state index contributed by atoms with van der Waals surface area (Å²) in [5.41, 5.74) is 2.85. The fourth-order valence-electron chi connectivity index (χ4n) is 3.01. The van der Waals surface area contributed by atoms with Gasteiger partial charge in [-0.15, -0.1) is 0 Å². The van der Waals surface area contributed by atoms with E-state index in [1.54, 1.807) is 0 Å². The SMILES string of the molecule is c1cc(N2CCCCC2)cc(N2CCCC2)c1.